The predicted molar refractivity (Wildman–Crippen MR) is 138 cm³/mol. The molecule has 0 saturated carbocycles. The summed E-state index contributed by atoms with van der Waals surface area (Å²) < 4.78 is 11.2. The second-order valence-corrected chi connectivity index (χ2v) is 9.24. The first kappa shape index (κ1) is 20.8. The molecule has 36 heavy (non-hydrogen) atoms. The number of esters is 2. The number of fused-ring (bicyclic) bond motifs is 2. The summed E-state index contributed by atoms with van der Waals surface area (Å²) in [5.74, 6) is -0.656. The molecule has 0 aromatic heterocycles. The van der Waals surface area contributed by atoms with Crippen LogP contribution in [0.2, 0.25) is 0 Å². The van der Waals surface area contributed by atoms with E-state index in [1.54, 1.807) is 0 Å². The molecule has 4 aromatic carbocycles. The molecule has 6 nitrogen and oxygen atoms in total. The monoisotopic (exact) mass is 474 g/mol. The second-order valence-electron chi connectivity index (χ2n) is 9.24. The van der Waals surface area contributed by atoms with Crippen LogP contribution in [0.4, 0.5) is 11.4 Å². The molecule has 3 aliphatic rings. The van der Waals surface area contributed by atoms with E-state index >= 15 is 0 Å². The maximum absolute atomic E-state index is 12.9. The standard InChI is InChI=1S/C30H22N2O4/c33-29-25-16-28-26(30(34)36-18-32(28)24-12-10-20-6-2-4-8-22(20)14-24)15-27(25)31(17-35-29)23-11-9-19-5-1-3-7-21(19)13-23/h1-14H,15-18H2. The lowest BCUT2D eigenvalue weighted by molar-refractivity contribution is -0.142. The third kappa shape index (κ3) is 3.26. The summed E-state index contributed by atoms with van der Waals surface area (Å²) in [5.41, 5.74) is 4.64. The van der Waals surface area contributed by atoms with Crippen LogP contribution in [0, 0.1) is 0 Å². The van der Waals surface area contributed by atoms with Gasteiger partial charge in [0.15, 0.2) is 13.5 Å². The van der Waals surface area contributed by atoms with Crippen LogP contribution >= 0.6 is 0 Å². The molecular weight excluding hydrogens is 452 g/mol. The van der Waals surface area contributed by atoms with Crippen LogP contribution < -0.4 is 9.80 Å². The van der Waals surface area contributed by atoms with Gasteiger partial charge in [0.05, 0.1) is 11.1 Å². The van der Waals surface area contributed by atoms with E-state index < -0.39 is 0 Å². The Hall–Kier alpha value is -4.58. The first-order valence-electron chi connectivity index (χ1n) is 12.0. The highest BCUT2D eigenvalue weighted by atomic mass is 16.6. The van der Waals surface area contributed by atoms with Crippen molar-refractivity contribution in [3.63, 3.8) is 0 Å². The van der Waals surface area contributed by atoms with E-state index in [1.165, 1.54) is 0 Å². The fraction of sp³-hybridized carbons (Fsp3) is 0.133. The number of carbonyl (C=O) groups is 2. The van der Waals surface area contributed by atoms with Gasteiger partial charge in [-0.2, -0.15) is 0 Å². The van der Waals surface area contributed by atoms with Crippen LogP contribution in [0.1, 0.15) is 12.8 Å². The van der Waals surface area contributed by atoms with Crippen molar-refractivity contribution in [2.45, 2.75) is 12.8 Å². The minimum atomic E-state index is -0.328. The van der Waals surface area contributed by atoms with Gasteiger partial charge in [-0.25, -0.2) is 9.59 Å². The molecule has 2 aliphatic heterocycles. The van der Waals surface area contributed by atoms with Crippen LogP contribution in [0.25, 0.3) is 21.5 Å². The molecule has 0 fully saturated rings. The Morgan fingerprint density at radius 2 is 0.944 bits per heavy atom. The van der Waals surface area contributed by atoms with Gasteiger partial charge in [-0.3, -0.25) is 0 Å². The number of anilines is 2. The molecule has 0 spiro atoms. The van der Waals surface area contributed by atoms with Gasteiger partial charge in [0.1, 0.15) is 0 Å². The molecule has 0 unspecified atom stereocenters. The van der Waals surface area contributed by atoms with Crippen molar-refractivity contribution in [1.29, 1.82) is 0 Å². The Morgan fingerprint density at radius 3 is 1.39 bits per heavy atom. The summed E-state index contributed by atoms with van der Waals surface area (Å²) in [4.78, 5) is 29.8. The maximum Gasteiger partial charge on any atom is 0.337 e. The minimum Gasteiger partial charge on any atom is -0.440 e. The van der Waals surface area contributed by atoms with Crippen molar-refractivity contribution in [2.24, 2.45) is 0 Å². The van der Waals surface area contributed by atoms with Crippen LogP contribution in [-0.4, -0.2) is 25.4 Å². The Morgan fingerprint density at radius 1 is 0.528 bits per heavy atom. The molecule has 2 heterocycles. The quantitative estimate of drug-likeness (QED) is 0.351. The number of benzene rings is 4. The molecular formula is C30H22N2O4. The molecule has 0 saturated heterocycles. The summed E-state index contributed by atoms with van der Waals surface area (Å²) >= 11 is 0. The molecule has 0 N–H and O–H groups in total. The number of cyclic esters (lactones) is 2. The third-order valence-electron chi connectivity index (χ3n) is 7.27. The van der Waals surface area contributed by atoms with E-state index in [0.717, 1.165) is 44.3 Å². The van der Waals surface area contributed by atoms with Gasteiger partial charge in [-0.05, 0) is 45.8 Å². The van der Waals surface area contributed by atoms with Crippen LogP contribution in [0.3, 0.4) is 0 Å². The zero-order valence-corrected chi connectivity index (χ0v) is 19.4. The van der Waals surface area contributed by atoms with E-state index in [1.807, 2.05) is 46.2 Å². The molecule has 0 bridgehead atoms. The number of hydrogen-bond donors (Lipinski definition) is 0. The molecule has 0 radical (unpaired) electrons. The summed E-state index contributed by atoms with van der Waals surface area (Å²) in [6, 6.07) is 28.6. The minimum absolute atomic E-state index is 0.113. The third-order valence-corrected chi connectivity index (χ3v) is 7.27. The largest absolute Gasteiger partial charge is 0.440 e. The number of nitrogens with zero attached hydrogens (tertiary/aromatic N) is 2. The zero-order chi connectivity index (χ0) is 24.2. The number of hydrogen-bond acceptors (Lipinski definition) is 6. The Kier molecular flexibility index (Phi) is 4.61. The number of rotatable bonds is 2. The molecule has 7 rings (SSSR count). The number of ether oxygens (including phenoxy) is 2. The van der Waals surface area contributed by atoms with Crippen molar-refractivity contribution in [3.05, 3.63) is 107 Å². The lowest BCUT2D eigenvalue weighted by atomic mass is 9.89. The van der Waals surface area contributed by atoms with Crippen molar-refractivity contribution >= 4 is 44.9 Å². The highest BCUT2D eigenvalue weighted by Gasteiger charge is 2.39. The Labute approximate surface area is 207 Å². The number of carbonyl (C=O) groups excluding carboxylic acids is 2. The lowest BCUT2D eigenvalue weighted by Gasteiger charge is -2.40. The first-order valence-corrected chi connectivity index (χ1v) is 12.0. The van der Waals surface area contributed by atoms with Crippen LogP contribution in [0.5, 0.6) is 0 Å². The summed E-state index contributed by atoms with van der Waals surface area (Å²) in [6.45, 7) is 0.226. The van der Waals surface area contributed by atoms with Gasteiger partial charge in [-0.1, -0.05) is 60.7 Å². The maximum atomic E-state index is 12.9. The van der Waals surface area contributed by atoms with Crippen molar-refractivity contribution in [2.75, 3.05) is 23.3 Å². The fourth-order valence-corrected chi connectivity index (χ4v) is 5.38. The Balaban J connectivity index is 1.29. The summed E-state index contributed by atoms with van der Waals surface area (Å²) in [6.07, 6.45) is 0.630. The highest BCUT2D eigenvalue weighted by molar-refractivity contribution is 5.99. The van der Waals surface area contributed by atoms with Crippen molar-refractivity contribution in [3.8, 4) is 0 Å². The molecule has 0 atom stereocenters. The molecule has 4 aromatic rings. The highest BCUT2D eigenvalue weighted by Crippen LogP contribution is 2.42. The molecule has 6 heteroatoms. The van der Waals surface area contributed by atoms with Crippen LogP contribution in [0.15, 0.2) is 107 Å². The fourth-order valence-electron chi connectivity index (χ4n) is 5.38. The van der Waals surface area contributed by atoms with E-state index in [4.69, 9.17) is 9.47 Å². The average molecular weight is 475 g/mol. The smallest absolute Gasteiger partial charge is 0.337 e. The SMILES string of the molecule is O=C1OCN(c2ccc3ccccc3c2)C2=C1CC1=C(C2)C(=O)OCN1c1ccc2ccccc2c1. The van der Waals surface area contributed by atoms with E-state index in [9.17, 15) is 9.59 Å². The zero-order valence-electron chi connectivity index (χ0n) is 19.4. The predicted octanol–water partition coefficient (Wildman–Crippen LogP) is 5.64. The summed E-state index contributed by atoms with van der Waals surface area (Å²) in [5, 5.41) is 4.48. The second kappa shape index (κ2) is 7.99. The van der Waals surface area contributed by atoms with Gasteiger partial charge in [-0.15, -0.1) is 0 Å². The Bertz CT molecular complexity index is 1530. The molecule has 1 aliphatic carbocycles. The molecule has 0 amide bonds. The number of allylic oxidation sites excluding steroid dienone is 2. The van der Waals surface area contributed by atoms with E-state index in [0.29, 0.717) is 24.0 Å². The van der Waals surface area contributed by atoms with Crippen LogP contribution in [-0.2, 0) is 19.1 Å². The molecule has 176 valence electrons. The van der Waals surface area contributed by atoms with Gasteiger partial charge in [0, 0.05) is 35.6 Å². The van der Waals surface area contributed by atoms with Gasteiger partial charge in [0.2, 0.25) is 0 Å². The average Bonchev–Trinajstić information content (AvgIpc) is 2.92. The lowest BCUT2D eigenvalue weighted by Crippen LogP contribution is -2.42. The van der Waals surface area contributed by atoms with Gasteiger partial charge in [0.25, 0.3) is 0 Å². The first-order chi connectivity index (χ1) is 17.7. The topological polar surface area (TPSA) is 59.1 Å². The van der Waals surface area contributed by atoms with Crippen molar-refractivity contribution < 1.29 is 19.1 Å². The summed E-state index contributed by atoms with van der Waals surface area (Å²) in [7, 11) is 0. The van der Waals surface area contributed by atoms with Crippen molar-refractivity contribution in [1.82, 2.24) is 0 Å². The van der Waals surface area contributed by atoms with Gasteiger partial charge < -0.3 is 19.3 Å². The van der Waals surface area contributed by atoms with E-state index in [2.05, 4.69) is 48.5 Å². The normalized spacial score (nSPS) is 17.8. The van der Waals surface area contributed by atoms with Gasteiger partial charge >= 0.3 is 11.9 Å². The van der Waals surface area contributed by atoms with E-state index in [-0.39, 0.29) is 25.4 Å².